The Kier molecular flexibility index (Phi) is 14.5. The number of benzene rings is 2. The van der Waals surface area contributed by atoms with E-state index >= 15 is 0 Å². The molecule has 3 aliphatic rings. The number of ketones is 1. The molecule has 4 aromatic rings. The molecule has 0 saturated carbocycles. The highest BCUT2D eigenvalue weighted by Crippen LogP contribution is 2.33. The first kappa shape index (κ1) is 46.3. The normalized spacial score (nSPS) is 17.5. The van der Waals surface area contributed by atoms with Crippen molar-refractivity contribution in [2.45, 2.75) is 103 Å². The van der Waals surface area contributed by atoms with Gasteiger partial charge in [0.25, 0.3) is 5.82 Å². The van der Waals surface area contributed by atoms with Crippen LogP contribution in [0.2, 0.25) is 0 Å². The second-order valence-corrected chi connectivity index (χ2v) is 18.3. The van der Waals surface area contributed by atoms with Crippen molar-refractivity contribution in [2.24, 2.45) is 10.5 Å². The number of amides is 3. The van der Waals surface area contributed by atoms with Crippen molar-refractivity contribution < 1.29 is 41.8 Å². The van der Waals surface area contributed by atoms with Gasteiger partial charge in [-0.2, -0.15) is 22.9 Å². The molecular formula is C45H54F3N9O6S. The van der Waals surface area contributed by atoms with Gasteiger partial charge in [-0.1, -0.05) is 57.2 Å². The van der Waals surface area contributed by atoms with Gasteiger partial charge in [-0.3, -0.25) is 19.2 Å². The first-order chi connectivity index (χ1) is 30.5. The Labute approximate surface area is 373 Å². The van der Waals surface area contributed by atoms with E-state index in [1.54, 1.807) is 16.8 Å². The van der Waals surface area contributed by atoms with Crippen LogP contribution in [0.5, 0.6) is 5.75 Å². The second kappa shape index (κ2) is 20.0. The molecule has 2 atom stereocenters. The van der Waals surface area contributed by atoms with Crippen molar-refractivity contribution in [2.75, 3.05) is 39.5 Å². The smallest absolute Gasteiger partial charge is 0.453 e. The maximum Gasteiger partial charge on any atom is 0.453 e. The van der Waals surface area contributed by atoms with Gasteiger partial charge in [-0.05, 0) is 72.8 Å². The van der Waals surface area contributed by atoms with Gasteiger partial charge in [0.1, 0.15) is 30.3 Å². The number of hydrogen-bond acceptors (Lipinski definition) is 12. The van der Waals surface area contributed by atoms with Crippen molar-refractivity contribution in [3.8, 4) is 16.2 Å². The van der Waals surface area contributed by atoms with Gasteiger partial charge in [-0.15, -0.1) is 21.5 Å². The maximum atomic E-state index is 13.9. The fourth-order valence-corrected chi connectivity index (χ4v) is 8.97. The van der Waals surface area contributed by atoms with Crippen LogP contribution in [0.4, 0.5) is 13.2 Å². The second-order valence-electron chi connectivity index (χ2n) is 17.5. The molecule has 0 spiro atoms. The number of rotatable bonds is 15. The number of unbranched alkanes of at least 4 members (excludes halogenated alkanes) is 1. The molecule has 3 amide bonds. The van der Waals surface area contributed by atoms with Gasteiger partial charge < -0.3 is 29.9 Å². The predicted octanol–water partition coefficient (Wildman–Crippen LogP) is 5.91. The fraction of sp³-hybridized carbons (Fsp3) is 0.511. The molecular weight excluding hydrogens is 852 g/mol. The highest BCUT2D eigenvalue weighted by atomic mass is 32.1. The molecule has 2 fully saturated rings. The Morgan fingerprint density at radius 2 is 1.67 bits per heavy atom. The number of thiazole rings is 1. The Bertz CT molecular complexity index is 2320. The van der Waals surface area contributed by atoms with Crippen LogP contribution in [0.1, 0.15) is 93.7 Å². The average Bonchev–Trinajstić information content (AvgIpc) is 4.02. The Balaban J connectivity index is 0.796. The lowest BCUT2D eigenvalue weighted by molar-refractivity contribution is -0.147. The Morgan fingerprint density at radius 3 is 2.34 bits per heavy atom. The summed E-state index contributed by atoms with van der Waals surface area (Å²) < 4.78 is 52.5. The zero-order valence-electron chi connectivity index (χ0n) is 36.4. The first-order valence-corrected chi connectivity index (χ1v) is 22.5. The fourth-order valence-electron chi connectivity index (χ4n) is 8.16. The third-order valence-electron chi connectivity index (χ3n) is 11.7. The molecule has 2 saturated heterocycles. The van der Waals surface area contributed by atoms with E-state index < -0.39 is 47.2 Å². The zero-order chi connectivity index (χ0) is 45.6. The van der Waals surface area contributed by atoms with Crippen LogP contribution in [0.15, 0.2) is 59.1 Å². The number of carbonyl (C=O) groups excluding carboxylic acids is 4. The molecule has 2 unspecified atom stereocenters. The van der Waals surface area contributed by atoms with Gasteiger partial charge in [-0.25, -0.2) is 4.98 Å². The van der Waals surface area contributed by atoms with Crippen LogP contribution >= 0.6 is 11.3 Å². The summed E-state index contributed by atoms with van der Waals surface area (Å²) in [6.45, 7) is 9.26. The molecule has 0 radical (unpaired) electrons. The lowest BCUT2D eigenvalue weighted by Gasteiger charge is -2.35. The van der Waals surface area contributed by atoms with Gasteiger partial charge in [0.05, 0.1) is 29.2 Å². The number of halogens is 3. The molecule has 19 heteroatoms. The van der Waals surface area contributed by atoms with Crippen LogP contribution in [0.3, 0.4) is 0 Å². The van der Waals surface area contributed by atoms with Gasteiger partial charge in [0.15, 0.2) is 11.6 Å². The Morgan fingerprint density at radius 1 is 0.953 bits per heavy atom. The van der Waals surface area contributed by atoms with E-state index in [9.17, 15) is 32.3 Å². The van der Waals surface area contributed by atoms with E-state index in [1.165, 1.54) is 10.5 Å². The molecule has 0 aliphatic carbocycles. The molecule has 0 bridgehead atoms. The van der Waals surface area contributed by atoms with E-state index in [1.807, 2.05) is 76.2 Å². The van der Waals surface area contributed by atoms with E-state index in [0.29, 0.717) is 63.7 Å². The number of alkyl halides is 3. The largest absolute Gasteiger partial charge is 0.494 e. The molecule has 15 nitrogen and oxygen atoms in total. The highest BCUT2D eigenvalue weighted by Gasteiger charge is 2.45. The summed E-state index contributed by atoms with van der Waals surface area (Å²) in [5, 5.41) is 16.9. The summed E-state index contributed by atoms with van der Waals surface area (Å²) in [7, 11) is 0. The summed E-state index contributed by atoms with van der Waals surface area (Å²) in [6, 6.07) is 13.8. The van der Waals surface area contributed by atoms with Gasteiger partial charge in [0, 0.05) is 45.5 Å². The zero-order valence-corrected chi connectivity index (χ0v) is 37.3. The van der Waals surface area contributed by atoms with E-state index in [4.69, 9.17) is 9.47 Å². The number of Topliss-reactive ketones (excluding diaryl/α,β-unsaturated/α-hetero) is 1. The predicted molar refractivity (Wildman–Crippen MR) is 232 cm³/mol. The minimum atomic E-state index is -4.62. The third kappa shape index (κ3) is 11.3. The number of amidine groups is 1. The molecule has 2 aromatic heterocycles. The van der Waals surface area contributed by atoms with Crippen LogP contribution in [0, 0.1) is 12.3 Å². The first-order valence-electron chi connectivity index (χ1n) is 21.6. The van der Waals surface area contributed by atoms with Crippen LogP contribution in [-0.2, 0) is 43.1 Å². The van der Waals surface area contributed by atoms with Crippen LogP contribution in [0.25, 0.3) is 10.4 Å². The van der Waals surface area contributed by atoms with Crippen molar-refractivity contribution >= 4 is 40.7 Å². The number of carbonyl (C=O) groups is 4. The van der Waals surface area contributed by atoms with E-state index in [2.05, 4.69) is 35.8 Å². The number of hydrogen-bond donors (Lipinski definition) is 2. The summed E-state index contributed by atoms with van der Waals surface area (Å²) in [6.07, 6.45) is -0.834. The van der Waals surface area contributed by atoms with E-state index in [-0.39, 0.29) is 37.7 Å². The minimum Gasteiger partial charge on any atom is -0.494 e. The number of piperidine rings is 1. The summed E-state index contributed by atoms with van der Waals surface area (Å²) in [4.78, 5) is 61.6. The number of nitrogens with zero attached hydrogens (tertiary/aromatic N) is 7. The standard InChI is InChI=1S/C45H54F3N9O6S/c1-28-39(64-27-50-28)32-9-7-29(8-10-32)24-49-41(60)35-23-33(58)25-56(35)42(61)40(44(2,3)4)51-38(59)26-62-21-5-6-22-63-34-13-11-30(12-14-34)31-17-19-55(20-18-31)37-16-15-36-52-53-43(45(46,47)48)57(36)54-37/h7-14,27,31,35,40H,5-6,15-26H2,1-4H3,(H,49,60)(H,51,59). The van der Waals surface area contributed by atoms with Crippen molar-refractivity contribution in [3.63, 3.8) is 0 Å². The highest BCUT2D eigenvalue weighted by molar-refractivity contribution is 7.13. The molecule has 3 aliphatic heterocycles. The SMILES string of the molecule is Cc1ncsc1-c1ccc(CNC(=O)C2CC(=O)CN2C(=O)C(NC(=O)COCCCCOc2ccc(C3CCN(C4=Nn5c(nnc5C(F)(F)F)CC4)CC3)cc2)C(C)(C)C)cc1. The van der Waals surface area contributed by atoms with Crippen molar-refractivity contribution in [3.05, 3.63) is 82.5 Å². The van der Waals surface area contributed by atoms with E-state index in [0.717, 1.165) is 45.0 Å². The van der Waals surface area contributed by atoms with Gasteiger partial charge >= 0.3 is 6.18 Å². The number of aryl methyl sites for hydroxylation is 2. The molecule has 7 rings (SSSR count). The monoisotopic (exact) mass is 905 g/mol. The molecule has 64 heavy (non-hydrogen) atoms. The number of likely N-dealkylation sites (tertiary alicyclic amines) is 2. The molecule has 342 valence electrons. The average molecular weight is 906 g/mol. The molecule has 5 heterocycles. The minimum absolute atomic E-state index is 0.0988. The lowest BCUT2D eigenvalue weighted by Crippen LogP contribution is -2.58. The number of fused-ring (bicyclic) bond motifs is 1. The number of ether oxygens (including phenoxy) is 2. The van der Waals surface area contributed by atoms with Crippen molar-refractivity contribution in [1.82, 2.24) is 40.3 Å². The van der Waals surface area contributed by atoms with Gasteiger partial charge in [0.2, 0.25) is 17.7 Å². The van der Waals surface area contributed by atoms with Crippen LogP contribution in [-0.4, -0.2) is 111 Å². The van der Waals surface area contributed by atoms with Crippen molar-refractivity contribution in [1.29, 1.82) is 0 Å². The topological polar surface area (TPSA) is 173 Å². The number of nitrogens with one attached hydrogen (secondary N) is 2. The Hall–Kier alpha value is -5.69. The maximum absolute atomic E-state index is 13.9. The number of aromatic nitrogens is 4. The van der Waals surface area contributed by atoms with Crippen LogP contribution < -0.4 is 15.4 Å². The quantitative estimate of drug-likeness (QED) is 0.137. The molecule has 2 N–H and O–H groups in total. The summed E-state index contributed by atoms with van der Waals surface area (Å²) in [5.41, 5.74) is 5.10. The third-order valence-corrected chi connectivity index (χ3v) is 12.7. The summed E-state index contributed by atoms with van der Waals surface area (Å²) in [5.74, 6) is -0.853. The summed E-state index contributed by atoms with van der Waals surface area (Å²) >= 11 is 1.56. The molecule has 2 aromatic carbocycles. The lowest BCUT2D eigenvalue weighted by atomic mass is 9.85.